The van der Waals surface area contributed by atoms with E-state index in [0.717, 1.165) is 38.5 Å². The number of hydrogen-bond donors (Lipinski definition) is 7. The Bertz CT molecular complexity index is 1300. The number of aliphatic hydroxyl groups is 7. The first-order chi connectivity index (χ1) is 35.0. The van der Waals surface area contributed by atoms with Gasteiger partial charge in [0, 0.05) is 12.8 Å². The van der Waals surface area contributed by atoms with Gasteiger partial charge in [-0.2, -0.15) is 0 Å². The molecule has 2 heterocycles. The first kappa shape index (κ1) is 66.4. The largest absolute Gasteiger partial charge is 0.462 e. The van der Waals surface area contributed by atoms with Crippen LogP contribution in [0.4, 0.5) is 0 Å². The SMILES string of the molecule is CCCCCCCC/C=C/CCCCCCCCCCCCCC(=O)OC[C@@H](CO[C@@H]1O[C@H](CO[C@@H]2O[C@H](CO)[C@H](O)C(O)C2O)[C@H](O)C(O)C1O)OC(=O)CCCCCCCCCCCCCCCCC. The lowest BCUT2D eigenvalue weighted by Crippen LogP contribution is -2.61. The Morgan fingerprint density at radius 1 is 0.431 bits per heavy atom. The highest BCUT2D eigenvalue weighted by Crippen LogP contribution is 2.27. The van der Waals surface area contributed by atoms with E-state index in [-0.39, 0.29) is 26.1 Å². The van der Waals surface area contributed by atoms with Crippen LogP contribution in [-0.4, -0.2) is 142 Å². The van der Waals surface area contributed by atoms with Crippen LogP contribution in [-0.2, 0) is 38.0 Å². The maximum Gasteiger partial charge on any atom is 0.306 e. The molecule has 2 saturated heterocycles. The van der Waals surface area contributed by atoms with Crippen molar-refractivity contribution in [2.75, 3.05) is 26.4 Å². The molecule has 0 spiro atoms. The Labute approximate surface area is 435 Å². The second-order valence-corrected chi connectivity index (χ2v) is 20.8. The summed E-state index contributed by atoms with van der Waals surface area (Å²) in [5, 5.41) is 72.2. The molecule has 0 amide bonds. The summed E-state index contributed by atoms with van der Waals surface area (Å²) in [4.78, 5) is 25.9. The number of hydrogen-bond acceptors (Lipinski definition) is 15. The van der Waals surface area contributed by atoms with E-state index in [1.54, 1.807) is 0 Å². The molecule has 7 N–H and O–H groups in total. The maximum atomic E-state index is 13.0. The third-order valence-corrected chi connectivity index (χ3v) is 14.2. The van der Waals surface area contributed by atoms with Crippen LogP contribution in [0, 0.1) is 0 Å². The monoisotopic (exact) mass is 1030 g/mol. The predicted octanol–water partition coefficient (Wildman–Crippen LogP) is 9.72. The van der Waals surface area contributed by atoms with E-state index in [1.165, 1.54) is 167 Å². The Balaban J connectivity index is 1.73. The van der Waals surface area contributed by atoms with Crippen LogP contribution in [0.2, 0.25) is 0 Å². The number of carbonyl (C=O) groups excluding carboxylic acids is 2. The average Bonchev–Trinajstić information content (AvgIpc) is 3.37. The van der Waals surface area contributed by atoms with Gasteiger partial charge in [-0.1, -0.05) is 206 Å². The van der Waals surface area contributed by atoms with E-state index >= 15 is 0 Å². The number of esters is 2. The van der Waals surface area contributed by atoms with E-state index in [9.17, 15) is 45.3 Å². The number of aliphatic hydroxyl groups excluding tert-OH is 7. The van der Waals surface area contributed by atoms with Crippen LogP contribution in [0.1, 0.15) is 245 Å². The first-order valence-corrected chi connectivity index (χ1v) is 29.3. The quantitative estimate of drug-likeness (QED) is 0.0171. The number of rotatable bonds is 47. The summed E-state index contributed by atoms with van der Waals surface area (Å²) in [7, 11) is 0. The lowest BCUT2D eigenvalue weighted by molar-refractivity contribution is -0.332. The molecule has 0 aromatic carbocycles. The number of carbonyl (C=O) groups is 2. The van der Waals surface area contributed by atoms with Gasteiger partial charge in [-0.05, 0) is 38.5 Å². The van der Waals surface area contributed by atoms with Crippen molar-refractivity contribution in [2.24, 2.45) is 0 Å². The predicted molar refractivity (Wildman–Crippen MR) is 280 cm³/mol. The zero-order chi connectivity index (χ0) is 52.4. The molecule has 0 radical (unpaired) electrons. The lowest BCUT2D eigenvalue weighted by Gasteiger charge is -2.42. The molecular weight excluding hydrogens is 925 g/mol. The van der Waals surface area contributed by atoms with Crippen LogP contribution in [0.15, 0.2) is 12.2 Å². The second-order valence-electron chi connectivity index (χ2n) is 20.8. The number of unbranched alkanes of at least 4 members (excludes halogenated alkanes) is 31. The van der Waals surface area contributed by atoms with Gasteiger partial charge in [-0.15, -0.1) is 0 Å². The molecule has 72 heavy (non-hydrogen) atoms. The summed E-state index contributed by atoms with van der Waals surface area (Å²) in [5.41, 5.74) is 0. The van der Waals surface area contributed by atoms with Crippen LogP contribution >= 0.6 is 0 Å². The van der Waals surface area contributed by atoms with Gasteiger partial charge in [-0.3, -0.25) is 9.59 Å². The van der Waals surface area contributed by atoms with Crippen molar-refractivity contribution in [3.8, 4) is 0 Å². The van der Waals surface area contributed by atoms with Gasteiger partial charge in [0.2, 0.25) is 0 Å². The minimum absolute atomic E-state index is 0.171. The molecule has 15 nitrogen and oxygen atoms in total. The van der Waals surface area contributed by atoms with Crippen LogP contribution in [0.5, 0.6) is 0 Å². The van der Waals surface area contributed by atoms with Crippen LogP contribution < -0.4 is 0 Å². The van der Waals surface area contributed by atoms with Gasteiger partial charge in [-0.25, -0.2) is 0 Å². The third kappa shape index (κ3) is 31.3. The summed E-state index contributed by atoms with van der Waals surface area (Å²) in [6, 6.07) is 0. The molecule has 4 unspecified atom stereocenters. The zero-order valence-electron chi connectivity index (χ0n) is 45.2. The molecule has 2 rings (SSSR count). The molecule has 0 bridgehead atoms. The minimum Gasteiger partial charge on any atom is -0.462 e. The van der Waals surface area contributed by atoms with Gasteiger partial charge in [0.05, 0.1) is 19.8 Å². The van der Waals surface area contributed by atoms with E-state index in [0.29, 0.717) is 12.8 Å². The van der Waals surface area contributed by atoms with Gasteiger partial charge >= 0.3 is 11.9 Å². The fourth-order valence-corrected chi connectivity index (χ4v) is 9.45. The maximum absolute atomic E-state index is 13.0. The van der Waals surface area contributed by atoms with Crippen LogP contribution in [0.25, 0.3) is 0 Å². The van der Waals surface area contributed by atoms with Crippen molar-refractivity contribution in [3.63, 3.8) is 0 Å². The summed E-state index contributed by atoms with van der Waals surface area (Å²) in [5.74, 6) is -0.910. The molecule has 15 heteroatoms. The van der Waals surface area contributed by atoms with Crippen molar-refractivity contribution in [1.82, 2.24) is 0 Å². The second kappa shape index (κ2) is 44.4. The Morgan fingerprint density at radius 2 is 0.792 bits per heavy atom. The summed E-state index contributed by atoms with van der Waals surface area (Å²) in [6.45, 7) is 2.64. The molecule has 2 aliphatic rings. The van der Waals surface area contributed by atoms with Gasteiger partial charge in [0.1, 0.15) is 55.4 Å². The Kier molecular flexibility index (Phi) is 40.9. The molecule has 0 saturated carbocycles. The summed E-state index contributed by atoms with van der Waals surface area (Å²) < 4.78 is 33.7. The zero-order valence-corrected chi connectivity index (χ0v) is 45.2. The first-order valence-electron chi connectivity index (χ1n) is 29.3. The van der Waals surface area contributed by atoms with E-state index in [1.807, 2.05) is 0 Å². The van der Waals surface area contributed by atoms with Gasteiger partial charge < -0.3 is 64.2 Å². The molecule has 2 aliphatic heterocycles. The minimum atomic E-state index is -1.76. The highest BCUT2D eigenvalue weighted by atomic mass is 16.7. The molecule has 2 fully saturated rings. The van der Waals surface area contributed by atoms with Crippen molar-refractivity contribution >= 4 is 11.9 Å². The van der Waals surface area contributed by atoms with Crippen LogP contribution in [0.3, 0.4) is 0 Å². The molecule has 0 aromatic heterocycles. The topological polar surface area (TPSA) is 231 Å². The third-order valence-electron chi connectivity index (χ3n) is 14.2. The lowest BCUT2D eigenvalue weighted by atomic mass is 9.98. The summed E-state index contributed by atoms with van der Waals surface area (Å²) in [6.07, 6.45) is 29.5. The molecule has 0 aliphatic carbocycles. The number of ether oxygens (including phenoxy) is 6. The van der Waals surface area contributed by atoms with Gasteiger partial charge in [0.15, 0.2) is 18.7 Å². The molecule has 0 aromatic rings. The fourth-order valence-electron chi connectivity index (χ4n) is 9.45. The number of allylic oxidation sites excluding steroid dienone is 2. The van der Waals surface area contributed by atoms with Gasteiger partial charge in [0.25, 0.3) is 0 Å². The molecule has 424 valence electrons. The molecular formula is C57H106O15. The highest BCUT2D eigenvalue weighted by Gasteiger charge is 2.47. The standard InChI is InChI=1S/C57H106O15/c1-3-5-7-9-11-13-15-17-19-20-21-22-23-24-26-27-29-31-33-35-37-39-48(59)67-42-45(70-49(60)40-38-36-34-32-30-28-25-18-16-14-12-10-8-6-4-2)43-68-56-55(66)53(64)51(62)47(72-56)44-69-57-54(65)52(63)50(61)46(41-58)71-57/h17,19,45-47,50-58,61-66H,3-16,18,20-44H2,1-2H3/b19-17+/t45-,46+,47+,50-,51-,52?,53?,54?,55?,56+,57+/m0/s1. The summed E-state index contributed by atoms with van der Waals surface area (Å²) >= 11 is 0. The fraction of sp³-hybridized carbons (Fsp3) is 0.930. The average molecular weight is 1030 g/mol. The Hall–Kier alpha value is -1.76. The van der Waals surface area contributed by atoms with Crippen molar-refractivity contribution in [3.05, 3.63) is 12.2 Å². The van der Waals surface area contributed by atoms with E-state index in [2.05, 4.69) is 26.0 Å². The normalized spacial score (nSPS) is 25.0. The van der Waals surface area contributed by atoms with Crippen molar-refractivity contribution < 1.29 is 73.8 Å². The highest BCUT2D eigenvalue weighted by molar-refractivity contribution is 5.70. The smallest absolute Gasteiger partial charge is 0.306 e. The van der Waals surface area contributed by atoms with E-state index < -0.39 is 92.7 Å². The molecule has 11 atom stereocenters. The van der Waals surface area contributed by atoms with E-state index in [4.69, 9.17) is 28.4 Å². The van der Waals surface area contributed by atoms with Crippen molar-refractivity contribution in [2.45, 2.75) is 313 Å². The Morgan fingerprint density at radius 3 is 1.22 bits per heavy atom. The van der Waals surface area contributed by atoms with Crippen molar-refractivity contribution in [1.29, 1.82) is 0 Å².